The van der Waals surface area contributed by atoms with E-state index in [1.54, 1.807) is 21.7 Å². The van der Waals surface area contributed by atoms with Crippen molar-refractivity contribution in [1.82, 2.24) is 14.5 Å². The van der Waals surface area contributed by atoms with Crippen molar-refractivity contribution < 1.29 is 23.8 Å². The van der Waals surface area contributed by atoms with Gasteiger partial charge in [0.15, 0.2) is 0 Å². The smallest absolute Gasteiger partial charge is 0.414 e. The summed E-state index contributed by atoms with van der Waals surface area (Å²) in [5.41, 5.74) is 4.37. The lowest BCUT2D eigenvalue weighted by molar-refractivity contribution is 0.0558. The van der Waals surface area contributed by atoms with E-state index in [1.165, 1.54) is 4.90 Å². The first-order valence-corrected chi connectivity index (χ1v) is 17.3. The van der Waals surface area contributed by atoms with Gasteiger partial charge in [0.2, 0.25) is 5.95 Å². The fourth-order valence-electron chi connectivity index (χ4n) is 6.42. The van der Waals surface area contributed by atoms with Crippen molar-refractivity contribution in [2.45, 2.75) is 46.4 Å². The van der Waals surface area contributed by atoms with E-state index in [0.29, 0.717) is 52.6 Å². The monoisotopic (exact) mass is 703 g/mol. The van der Waals surface area contributed by atoms with E-state index in [4.69, 9.17) is 19.2 Å². The Morgan fingerprint density at radius 1 is 0.865 bits per heavy atom. The summed E-state index contributed by atoms with van der Waals surface area (Å²) in [5.74, 6) is 0.288. The van der Waals surface area contributed by atoms with Crippen LogP contribution in [0.3, 0.4) is 0 Å². The molecule has 13 heteroatoms. The van der Waals surface area contributed by atoms with Crippen LogP contribution in [0.1, 0.15) is 31.9 Å². The van der Waals surface area contributed by atoms with Gasteiger partial charge in [-0.3, -0.25) is 19.2 Å². The van der Waals surface area contributed by atoms with Crippen LogP contribution in [0, 0.1) is 6.92 Å². The van der Waals surface area contributed by atoms with E-state index in [1.807, 2.05) is 105 Å². The molecule has 13 nitrogen and oxygen atoms in total. The van der Waals surface area contributed by atoms with Gasteiger partial charge in [-0.05, 0) is 69.2 Å². The molecule has 5 aromatic rings. The number of carbonyl (C=O) groups excluding carboxylic acids is 2. The third-order valence-electron chi connectivity index (χ3n) is 8.80. The van der Waals surface area contributed by atoms with Crippen molar-refractivity contribution in [1.29, 1.82) is 0 Å². The van der Waals surface area contributed by atoms with Crippen LogP contribution >= 0.6 is 0 Å². The number of nitrogens with zero attached hydrogens (tertiary/aromatic N) is 6. The molecule has 2 aliphatic heterocycles. The molecule has 0 saturated carbocycles. The molecule has 7 rings (SSSR count). The number of ether oxygens (including phenoxy) is 3. The van der Waals surface area contributed by atoms with Gasteiger partial charge in [0.1, 0.15) is 23.5 Å². The summed E-state index contributed by atoms with van der Waals surface area (Å²) in [6, 6.07) is 24.4. The highest BCUT2D eigenvalue weighted by molar-refractivity contribution is 5.97. The molecule has 0 aliphatic carbocycles. The highest BCUT2D eigenvalue weighted by Gasteiger charge is 2.32. The minimum atomic E-state index is -0.684. The molecule has 0 unspecified atom stereocenters. The number of nitrogens with one attached hydrogen (secondary N) is 1. The van der Waals surface area contributed by atoms with Gasteiger partial charge in [-0.2, -0.15) is 4.98 Å². The molecular formula is C39H41N7O6. The molecule has 0 atom stereocenters. The highest BCUT2D eigenvalue weighted by atomic mass is 16.6. The molecule has 2 aromatic heterocycles. The van der Waals surface area contributed by atoms with Crippen molar-refractivity contribution in [3.05, 3.63) is 107 Å². The lowest BCUT2D eigenvalue weighted by atomic mass is 10.1. The van der Waals surface area contributed by atoms with Gasteiger partial charge in [-0.1, -0.05) is 48.5 Å². The number of fused-ring (bicyclic) bond motifs is 4. The third kappa shape index (κ3) is 7.26. The Labute approximate surface area is 301 Å². The van der Waals surface area contributed by atoms with Crippen LogP contribution < -0.4 is 25.6 Å². The quantitative estimate of drug-likeness (QED) is 0.212. The highest BCUT2D eigenvalue weighted by Crippen LogP contribution is 2.40. The summed E-state index contributed by atoms with van der Waals surface area (Å²) >= 11 is 0. The van der Waals surface area contributed by atoms with Gasteiger partial charge in [-0.25, -0.2) is 14.6 Å². The summed E-state index contributed by atoms with van der Waals surface area (Å²) in [6.07, 6.45) is 0.732. The van der Waals surface area contributed by atoms with Crippen LogP contribution in [-0.2, 0) is 27.4 Å². The van der Waals surface area contributed by atoms with Crippen LogP contribution in [0.2, 0.25) is 0 Å². The lowest BCUT2D eigenvalue weighted by Crippen LogP contribution is -2.44. The second kappa shape index (κ2) is 14.3. The van der Waals surface area contributed by atoms with Crippen LogP contribution in [0.15, 0.2) is 89.9 Å². The molecule has 3 aromatic carbocycles. The number of aromatic nitrogens is 3. The van der Waals surface area contributed by atoms with Gasteiger partial charge in [0.05, 0.1) is 37.7 Å². The molecule has 0 radical (unpaired) electrons. The molecule has 2 aliphatic rings. The van der Waals surface area contributed by atoms with E-state index in [9.17, 15) is 14.4 Å². The van der Waals surface area contributed by atoms with Crippen molar-refractivity contribution in [2.75, 3.05) is 52.9 Å². The number of benzene rings is 3. The topological polar surface area (TPSA) is 131 Å². The van der Waals surface area contributed by atoms with Crippen LogP contribution in [0.5, 0.6) is 0 Å². The number of rotatable bonds is 3. The summed E-state index contributed by atoms with van der Waals surface area (Å²) in [7, 11) is 0. The zero-order chi connectivity index (χ0) is 36.4. The summed E-state index contributed by atoms with van der Waals surface area (Å²) in [5, 5.41) is 3.90. The fraction of sp³-hybridized carbons (Fsp3) is 0.308. The number of amides is 2. The third-order valence-corrected chi connectivity index (χ3v) is 8.80. The second-order valence-corrected chi connectivity index (χ2v) is 13.7. The molecule has 0 spiro atoms. The number of pyridine rings is 1. The number of anilines is 6. The first kappa shape index (κ1) is 34.5. The van der Waals surface area contributed by atoms with Gasteiger partial charge >= 0.3 is 12.2 Å². The first-order valence-electron chi connectivity index (χ1n) is 17.3. The zero-order valence-corrected chi connectivity index (χ0v) is 29.7. The Bertz CT molecular complexity index is 2180. The average molecular weight is 704 g/mol. The van der Waals surface area contributed by atoms with Crippen LogP contribution in [0.4, 0.5) is 44.0 Å². The molecule has 4 bridgehead atoms. The van der Waals surface area contributed by atoms with Gasteiger partial charge in [-0.15, -0.1) is 0 Å². The van der Waals surface area contributed by atoms with Gasteiger partial charge < -0.3 is 24.4 Å². The minimum absolute atomic E-state index is 0.153. The van der Waals surface area contributed by atoms with E-state index < -0.39 is 17.8 Å². The van der Waals surface area contributed by atoms with E-state index in [0.717, 1.165) is 11.1 Å². The van der Waals surface area contributed by atoms with E-state index in [-0.39, 0.29) is 44.4 Å². The number of para-hydroxylation sites is 1. The lowest BCUT2D eigenvalue weighted by Gasteiger charge is -2.38. The Morgan fingerprint density at radius 2 is 1.65 bits per heavy atom. The van der Waals surface area contributed by atoms with Crippen molar-refractivity contribution >= 4 is 57.6 Å². The molecule has 0 saturated heterocycles. The van der Waals surface area contributed by atoms with Crippen molar-refractivity contribution in [3.63, 3.8) is 0 Å². The number of hydrogen-bond donors (Lipinski definition) is 1. The molecule has 52 heavy (non-hydrogen) atoms. The largest absolute Gasteiger partial charge is 0.444 e. The normalized spacial score (nSPS) is 14.7. The molecule has 0 fully saturated rings. The van der Waals surface area contributed by atoms with Gasteiger partial charge in [0, 0.05) is 36.0 Å². The van der Waals surface area contributed by atoms with Crippen molar-refractivity contribution in [2.24, 2.45) is 0 Å². The number of aryl methyl sites for hydroxylation is 1. The number of carbonyl (C=O) groups is 2. The maximum Gasteiger partial charge on any atom is 0.414 e. The molecular weight excluding hydrogens is 662 g/mol. The molecule has 4 heterocycles. The van der Waals surface area contributed by atoms with Crippen LogP contribution in [-0.4, -0.2) is 65.2 Å². The standard InChI is InChI=1S/C39H41N7O6/c1-26-10-8-15-31-33(26)45(37(48)51-25-27-11-6-5-7-12-27)17-16-44(31)32-22-28-24-40-36-41-29-13-9-14-30(23-29)43(38(49)52-39(2,3)4)18-20-50-21-19-46(35(32)47)34(28)42-36/h5-15,22-24H,16-21,25H2,1-4H3,(H,40,41,42). The summed E-state index contributed by atoms with van der Waals surface area (Å²) in [6.45, 7) is 9.03. The fourth-order valence-corrected chi connectivity index (χ4v) is 6.42. The Morgan fingerprint density at radius 3 is 2.46 bits per heavy atom. The second-order valence-electron chi connectivity index (χ2n) is 13.7. The first-order chi connectivity index (χ1) is 25.1. The molecule has 2 amide bonds. The Balaban J connectivity index is 1.22. The predicted octanol–water partition coefficient (Wildman–Crippen LogP) is 6.91. The minimum Gasteiger partial charge on any atom is -0.444 e. The summed E-state index contributed by atoms with van der Waals surface area (Å²) < 4.78 is 19.0. The zero-order valence-electron chi connectivity index (χ0n) is 29.7. The maximum absolute atomic E-state index is 14.5. The van der Waals surface area contributed by atoms with E-state index >= 15 is 0 Å². The number of hydrogen-bond acceptors (Lipinski definition) is 10. The average Bonchev–Trinajstić information content (AvgIpc) is 3.12. The predicted molar refractivity (Wildman–Crippen MR) is 200 cm³/mol. The van der Waals surface area contributed by atoms with E-state index in [2.05, 4.69) is 10.3 Å². The molecule has 268 valence electrons. The Hall–Kier alpha value is -5.95. The summed E-state index contributed by atoms with van der Waals surface area (Å²) in [4.78, 5) is 55.6. The molecule has 1 N–H and O–H groups in total. The van der Waals surface area contributed by atoms with Gasteiger partial charge in [0.25, 0.3) is 5.56 Å². The van der Waals surface area contributed by atoms with Crippen molar-refractivity contribution in [3.8, 4) is 0 Å². The SMILES string of the molecule is Cc1cccc2c1N(C(=O)OCc1ccccc1)CCN2c1cc2cnc3nc2n(c1=O)CCOCCN(C(=O)OC(C)(C)C)c1cccc(c1)N3. The maximum atomic E-state index is 14.5. The Kier molecular flexibility index (Phi) is 9.52. The van der Waals surface area contributed by atoms with Crippen LogP contribution in [0.25, 0.3) is 11.0 Å².